The molecule has 0 aliphatic carbocycles. The van der Waals surface area contributed by atoms with E-state index >= 15 is 0 Å². The molecular formula is C17H20N2O. The van der Waals surface area contributed by atoms with Crippen molar-refractivity contribution in [3.8, 4) is 0 Å². The van der Waals surface area contributed by atoms with Crippen LogP contribution >= 0.6 is 0 Å². The molecule has 2 rings (SSSR count). The van der Waals surface area contributed by atoms with E-state index in [1.807, 2.05) is 67.6 Å². The van der Waals surface area contributed by atoms with Crippen molar-refractivity contribution in [3.63, 3.8) is 0 Å². The minimum atomic E-state index is -0.265. The van der Waals surface area contributed by atoms with E-state index in [0.717, 1.165) is 11.1 Å². The molecule has 2 atom stereocenters. The SMILES string of the molecule is C[C@@H](NC(=O)CC(N)c1ccccc1)c1ccccc1. The molecule has 0 spiro atoms. The van der Waals surface area contributed by atoms with Crippen LogP contribution in [0.1, 0.15) is 36.6 Å². The Labute approximate surface area is 119 Å². The van der Waals surface area contributed by atoms with Crippen molar-refractivity contribution in [2.45, 2.75) is 25.4 Å². The summed E-state index contributed by atoms with van der Waals surface area (Å²) in [5, 5.41) is 2.98. The van der Waals surface area contributed by atoms with Crippen molar-refractivity contribution in [2.75, 3.05) is 0 Å². The van der Waals surface area contributed by atoms with E-state index in [9.17, 15) is 4.79 Å². The van der Waals surface area contributed by atoms with Gasteiger partial charge in [-0.05, 0) is 18.1 Å². The predicted octanol–water partition coefficient (Wildman–Crippen LogP) is 2.95. The first-order valence-corrected chi connectivity index (χ1v) is 6.81. The molecular weight excluding hydrogens is 248 g/mol. The largest absolute Gasteiger partial charge is 0.350 e. The number of carbonyl (C=O) groups is 1. The Bertz CT molecular complexity index is 490. The van der Waals surface area contributed by atoms with Crippen molar-refractivity contribution in [2.24, 2.45) is 5.73 Å². The number of nitrogens with two attached hydrogens (primary N) is 1. The molecule has 104 valence electrons. The van der Waals surface area contributed by atoms with Crippen LogP contribution in [-0.4, -0.2) is 5.91 Å². The Hall–Kier alpha value is -2.13. The van der Waals surface area contributed by atoms with E-state index in [1.165, 1.54) is 0 Å². The van der Waals surface area contributed by atoms with Crippen LogP contribution in [0.15, 0.2) is 60.7 Å². The third kappa shape index (κ3) is 3.93. The average Bonchev–Trinajstić information content (AvgIpc) is 2.49. The molecule has 0 fully saturated rings. The van der Waals surface area contributed by atoms with Crippen LogP contribution in [-0.2, 0) is 4.79 Å². The Balaban J connectivity index is 1.90. The van der Waals surface area contributed by atoms with Gasteiger partial charge in [-0.2, -0.15) is 0 Å². The van der Waals surface area contributed by atoms with E-state index in [-0.39, 0.29) is 18.0 Å². The molecule has 1 unspecified atom stereocenters. The van der Waals surface area contributed by atoms with Crippen LogP contribution in [0.2, 0.25) is 0 Å². The van der Waals surface area contributed by atoms with Crippen molar-refractivity contribution in [3.05, 3.63) is 71.8 Å². The summed E-state index contributed by atoms with van der Waals surface area (Å²) in [6.45, 7) is 1.97. The van der Waals surface area contributed by atoms with Crippen LogP contribution in [0.4, 0.5) is 0 Å². The highest BCUT2D eigenvalue weighted by Crippen LogP contribution is 2.15. The van der Waals surface area contributed by atoms with Crippen molar-refractivity contribution in [1.82, 2.24) is 5.32 Å². The third-order valence-corrected chi connectivity index (χ3v) is 3.31. The second-order valence-corrected chi connectivity index (χ2v) is 4.92. The standard InChI is InChI=1S/C17H20N2O/c1-13(14-8-4-2-5-9-14)19-17(20)12-16(18)15-10-6-3-7-11-15/h2-11,13,16H,12,18H2,1H3,(H,19,20)/t13-,16?/m1/s1. The van der Waals surface area contributed by atoms with Gasteiger partial charge >= 0.3 is 0 Å². The zero-order valence-corrected chi connectivity index (χ0v) is 11.6. The average molecular weight is 268 g/mol. The highest BCUT2D eigenvalue weighted by molar-refractivity contribution is 5.77. The molecule has 0 bridgehead atoms. The second-order valence-electron chi connectivity index (χ2n) is 4.92. The number of rotatable bonds is 5. The smallest absolute Gasteiger partial charge is 0.222 e. The van der Waals surface area contributed by atoms with Gasteiger partial charge in [-0.25, -0.2) is 0 Å². The monoisotopic (exact) mass is 268 g/mol. The Kier molecular flexibility index (Phi) is 4.91. The molecule has 1 amide bonds. The van der Waals surface area contributed by atoms with E-state index in [2.05, 4.69) is 5.32 Å². The van der Waals surface area contributed by atoms with Gasteiger partial charge in [0.1, 0.15) is 0 Å². The molecule has 0 aromatic heterocycles. The molecule has 0 aliphatic rings. The molecule has 3 nitrogen and oxygen atoms in total. The van der Waals surface area contributed by atoms with Gasteiger partial charge in [0, 0.05) is 12.5 Å². The van der Waals surface area contributed by atoms with Crippen LogP contribution in [0.25, 0.3) is 0 Å². The van der Waals surface area contributed by atoms with Crippen molar-refractivity contribution < 1.29 is 4.79 Å². The lowest BCUT2D eigenvalue weighted by Gasteiger charge is -2.17. The van der Waals surface area contributed by atoms with Crippen LogP contribution in [0, 0.1) is 0 Å². The van der Waals surface area contributed by atoms with E-state index in [1.54, 1.807) is 0 Å². The van der Waals surface area contributed by atoms with Crippen LogP contribution in [0.3, 0.4) is 0 Å². The summed E-state index contributed by atoms with van der Waals surface area (Å²) < 4.78 is 0. The van der Waals surface area contributed by atoms with Gasteiger partial charge in [-0.3, -0.25) is 4.79 Å². The lowest BCUT2D eigenvalue weighted by Crippen LogP contribution is -2.29. The topological polar surface area (TPSA) is 55.1 Å². The summed E-state index contributed by atoms with van der Waals surface area (Å²) in [6.07, 6.45) is 0.293. The van der Waals surface area contributed by atoms with Crippen LogP contribution in [0.5, 0.6) is 0 Å². The maximum absolute atomic E-state index is 12.0. The maximum atomic E-state index is 12.0. The molecule has 2 aromatic rings. The van der Waals surface area contributed by atoms with Crippen molar-refractivity contribution >= 4 is 5.91 Å². The fourth-order valence-corrected chi connectivity index (χ4v) is 2.14. The first-order chi connectivity index (χ1) is 9.66. The normalized spacial score (nSPS) is 13.5. The number of benzene rings is 2. The van der Waals surface area contributed by atoms with Crippen LogP contribution < -0.4 is 11.1 Å². The Morgan fingerprint density at radius 1 is 1.00 bits per heavy atom. The fourth-order valence-electron chi connectivity index (χ4n) is 2.14. The first-order valence-electron chi connectivity index (χ1n) is 6.81. The number of carbonyl (C=O) groups excluding carboxylic acids is 1. The third-order valence-electron chi connectivity index (χ3n) is 3.31. The molecule has 0 heterocycles. The maximum Gasteiger partial charge on any atom is 0.222 e. The summed E-state index contributed by atoms with van der Waals surface area (Å²) in [5.41, 5.74) is 8.12. The minimum Gasteiger partial charge on any atom is -0.350 e. The quantitative estimate of drug-likeness (QED) is 0.876. The van der Waals surface area contributed by atoms with E-state index in [4.69, 9.17) is 5.73 Å². The molecule has 3 heteroatoms. The molecule has 0 saturated carbocycles. The summed E-state index contributed by atoms with van der Waals surface area (Å²) in [4.78, 5) is 12.0. The van der Waals surface area contributed by atoms with Crippen molar-refractivity contribution in [1.29, 1.82) is 0 Å². The van der Waals surface area contributed by atoms with Gasteiger partial charge in [-0.1, -0.05) is 60.7 Å². The molecule has 0 saturated heterocycles. The predicted molar refractivity (Wildman–Crippen MR) is 81.0 cm³/mol. The number of hydrogen-bond acceptors (Lipinski definition) is 2. The Morgan fingerprint density at radius 2 is 1.50 bits per heavy atom. The summed E-state index contributed by atoms with van der Waals surface area (Å²) in [7, 11) is 0. The minimum absolute atomic E-state index is 0.00771. The van der Waals surface area contributed by atoms with Gasteiger partial charge in [0.15, 0.2) is 0 Å². The second kappa shape index (κ2) is 6.87. The first kappa shape index (κ1) is 14.3. The van der Waals surface area contributed by atoms with Gasteiger partial charge < -0.3 is 11.1 Å². The number of nitrogens with one attached hydrogen (secondary N) is 1. The number of amides is 1. The number of hydrogen-bond donors (Lipinski definition) is 2. The van der Waals surface area contributed by atoms with E-state index < -0.39 is 0 Å². The molecule has 0 aliphatic heterocycles. The summed E-state index contributed by atoms with van der Waals surface area (Å²) in [5.74, 6) is -0.0299. The molecule has 20 heavy (non-hydrogen) atoms. The highest BCUT2D eigenvalue weighted by Gasteiger charge is 2.14. The highest BCUT2D eigenvalue weighted by atomic mass is 16.1. The zero-order valence-electron chi connectivity index (χ0n) is 11.6. The Morgan fingerprint density at radius 3 is 2.05 bits per heavy atom. The van der Waals surface area contributed by atoms with Gasteiger partial charge in [0.2, 0.25) is 5.91 Å². The van der Waals surface area contributed by atoms with Gasteiger partial charge in [0.25, 0.3) is 0 Å². The lowest BCUT2D eigenvalue weighted by atomic mass is 10.0. The fraction of sp³-hybridized carbons (Fsp3) is 0.235. The lowest BCUT2D eigenvalue weighted by molar-refractivity contribution is -0.122. The van der Waals surface area contributed by atoms with E-state index in [0.29, 0.717) is 6.42 Å². The molecule has 2 aromatic carbocycles. The molecule has 3 N–H and O–H groups in total. The van der Waals surface area contributed by atoms with Gasteiger partial charge in [-0.15, -0.1) is 0 Å². The summed E-state index contributed by atoms with van der Waals surface area (Å²) >= 11 is 0. The zero-order chi connectivity index (χ0) is 14.4. The molecule has 0 radical (unpaired) electrons. The summed E-state index contributed by atoms with van der Waals surface area (Å²) in [6, 6.07) is 19.3. The van der Waals surface area contributed by atoms with Gasteiger partial charge in [0.05, 0.1) is 6.04 Å².